The maximum Gasteiger partial charge on any atom is 0.330 e. The number of amides is 2. The highest BCUT2D eigenvalue weighted by molar-refractivity contribution is 8.78. The Balaban J connectivity index is 1.26. The molecule has 3 aliphatic heterocycles. The number of ether oxygens (including phenoxy) is 2. The van der Waals surface area contributed by atoms with Gasteiger partial charge in [-0.05, 0) is 44.6 Å². The van der Waals surface area contributed by atoms with Gasteiger partial charge in [-0.1, -0.05) is 59.9 Å². The molecule has 0 radical (unpaired) electrons. The van der Waals surface area contributed by atoms with Crippen molar-refractivity contribution >= 4 is 39.4 Å². The van der Waals surface area contributed by atoms with Crippen molar-refractivity contribution in [1.29, 1.82) is 0 Å². The Morgan fingerprint density at radius 2 is 1.88 bits per heavy atom. The van der Waals surface area contributed by atoms with Crippen LogP contribution < -0.4 is 10.6 Å². The monoisotopic (exact) mass is 642 g/mol. The maximum atomic E-state index is 12.3. The SMILES string of the molecule is CC(=CC(=O)OCCCCCCCC(=O)NC1C(=O)NC2=CSSC21)[C@@H](O)[C@@H]1OC[C@H](C/C=C/[C@@H](C)[C@H](C)O)[C@@H](O)[C@H]1O. The third-order valence-electron chi connectivity index (χ3n) is 8.04. The fourth-order valence-electron chi connectivity index (χ4n) is 5.02. The van der Waals surface area contributed by atoms with Crippen LogP contribution in [0, 0.1) is 11.8 Å². The zero-order valence-corrected chi connectivity index (χ0v) is 26.6. The minimum absolute atomic E-state index is 0.0374. The first kappa shape index (κ1) is 35.6. The van der Waals surface area contributed by atoms with Gasteiger partial charge < -0.3 is 40.5 Å². The summed E-state index contributed by atoms with van der Waals surface area (Å²) in [5.41, 5.74) is 1.12. The molecule has 0 aromatic heterocycles. The highest BCUT2D eigenvalue weighted by Gasteiger charge is 2.43. The number of allylic oxidation sites excluding steroid dienone is 1. The highest BCUT2D eigenvalue weighted by atomic mass is 33.1. The first-order chi connectivity index (χ1) is 20.5. The topological polar surface area (TPSA) is 175 Å². The van der Waals surface area contributed by atoms with Crippen LogP contribution >= 0.6 is 21.6 Å². The molecule has 2 saturated heterocycles. The van der Waals surface area contributed by atoms with E-state index in [0.29, 0.717) is 25.7 Å². The lowest BCUT2D eigenvalue weighted by atomic mass is 9.86. The van der Waals surface area contributed by atoms with E-state index in [2.05, 4.69) is 10.6 Å². The van der Waals surface area contributed by atoms with Crippen LogP contribution in [0.3, 0.4) is 0 Å². The lowest BCUT2D eigenvalue weighted by Gasteiger charge is -2.39. The summed E-state index contributed by atoms with van der Waals surface area (Å²) in [5, 5.41) is 48.9. The van der Waals surface area contributed by atoms with Crippen molar-refractivity contribution in [3.63, 3.8) is 0 Å². The molecule has 9 atom stereocenters. The van der Waals surface area contributed by atoms with Crippen LogP contribution in [0.25, 0.3) is 0 Å². The van der Waals surface area contributed by atoms with E-state index >= 15 is 0 Å². The summed E-state index contributed by atoms with van der Waals surface area (Å²) in [6.45, 7) is 5.46. The van der Waals surface area contributed by atoms with E-state index in [9.17, 15) is 34.8 Å². The van der Waals surface area contributed by atoms with Crippen LogP contribution in [-0.4, -0.2) is 93.2 Å². The zero-order valence-electron chi connectivity index (χ0n) is 25.0. The number of esters is 1. The fourth-order valence-corrected chi connectivity index (χ4v) is 7.61. The Bertz CT molecular complexity index is 1050. The highest BCUT2D eigenvalue weighted by Crippen LogP contribution is 2.43. The molecular formula is C30H46N2O9S2. The first-order valence-electron chi connectivity index (χ1n) is 15.0. The van der Waals surface area contributed by atoms with Gasteiger partial charge in [0.1, 0.15) is 24.4 Å². The number of carbonyl (C=O) groups is 3. The molecule has 0 aliphatic carbocycles. The fraction of sp³-hybridized carbons (Fsp3) is 0.700. The van der Waals surface area contributed by atoms with Crippen molar-refractivity contribution in [1.82, 2.24) is 10.6 Å². The van der Waals surface area contributed by atoms with Crippen LogP contribution in [0.15, 0.2) is 34.9 Å². The summed E-state index contributed by atoms with van der Waals surface area (Å²) in [5.74, 6) is -1.30. The van der Waals surface area contributed by atoms with Gasteiger partial charge in [-0.2, -0.15) is 0 Å². The van der Waals surface area contributed by atoms with Crippen LogP contribution in [0.5, 0.6) is 0 Å². The summed E-state index contributed by atoms with van der Waals surface area (Å²) >= 11 is 0. The molecule has 6 N–H and O–H groups in total. The lowest BCUT2D eigenvalue weighted by Crippen LogP contribution is -2.54. The number of aliphatic hydroxyl groups is 4. The molecule has 0 saturated carbocycles. The second-order valence-corrected chi connectivity index (χ2v) is 13.8. The summed E-state index contributed by atoms with van der Waals surface area (Å²) in [4.78, 5) is 36.5. The Labute approximate surface area is 261 Å². The molecule has 3 aliphatic rings. The number of hydrogen-bond donors (Lipinski definition) is 6. The van der Waals surface area contributed by atoms with Gasteiger partial charge in [-0.15, -0.1) is 0 Å². The third-order valence-corrected chi connectivity index (χ3v) is 10.5. The Morgan fingerprint density at radius 1 is 1.16 bits per heavy atom. The van der Waals surface area contributed by atoms with E-state index in [1.54, 1.807) is 28.5 Å². The van der Waals surface area contributed by atoms with Gasteiger partial charge in [0, 0.05) is 29.5 Å². The number of rotatable bonds is 16. The summed E-state index contributed by atoms with van der Waals surface area (Å²) in [6.07, 6.45) is 4.27. The van der Waals surface area contributed by atoms with Crippen LogP contribution in [0.1, 0.15) is 65.7 Å². The molecule has 242 valence electrons. The predicted molar refractivity (Wildman–Crippen MR) is 165 cm³/mol. The van der Waals surface area contributed by atoms with Crippen LogP contribution in [0.4, 0.5) is 0 Å². The quantitative estimate of drug-likeness (QED) is 0.0478. The molecule has 0 aromatic carbocycles. The van der Waals surface area contributed by atoms with Gasteiger partial charge in [0.15, 0.2) is 0 Å². The van der Waals surface area contributed by atoms with Gasteiger partial charge in [0.25, 0.3) is 0 Å². The van der Waals surface area contributed by atoms with Crippen molar-refractivity contribution in [2.24, 2.45) is 11.8 Å². The molecule has 2 amide bonds. The minimum atomic E-state index is -1.33. The number of unbranched alkanes of at least 4 members (excludes halogenated alkanes) is 4. The van der Waals surface area contributed by atoms with E-state index in [0.717, 1.165) is 25.0 Å². The number of aliphatic hydroxyl groups excluding tert-OH is 4. The van der Waals surface area contributed by atoms with Gasteiger partial charge in [0.2, 0.25) is 11.8 Å². The Morgan fingerprint density at radius 3 is 2.63 bits per heavy atom. The summed E-state index contributed by atoms with van der Waals surface area (Å²) in [7, 11) is 3.12. The van der Waals surface area contributed by atoms with Crippen LogP contribution in [0.2, 0.25) is 0 Å². The molecule has 2 unspecified atom stereocenters. The molecule has 11 nitrogen and oxygen atoms in total. The van der Waals surface area contributed by atoms with Crippen molar-refractivity contribution < 1.29 is 44.3 Å². The van der Waals surface area contributed by atoms with E-state index in [4.69, 9.17) is 9.47 Å². The molecular weight excluding hydrogens is 596 g/mol. The molecule has 2 fully saturated rings. The van der Waals surface area contributed by atoms with Gasteiger partial charge >= 0.3 is 5.97 Å². The number of carbonyl (C=O) groups excluding carboxylic acids is 3. The molecule has 13 heteroatoms. The molecule has 0 bridgehead atoms. The van der Waals surface area contributed by atoms with E-state index in [-0.39, 0.29) is 47.7 Å². The van der Waals surface area contributed by atoms with Crippen LogP contribution in [-0.2, 0) is 23.9 Å². The normalized spacial score (nSPS) is 29.5. The summed E-state index contributed by atoms with van der Waals surface area (Å²) in [6, 6.07) is -0.518. The van der Waals surface area contributed by atoms with Gasteiger partial charge in [0.05, 0.1) is 30.7 Å². The second-order valence-electron chi connectivity index (χ2n) is 11.5. The van der Waals surface area contributed by atoms with Crippen molar-refractivity contribution in [2.75, 3.05) is 13.2 Å². The number of hydrogen-bond acceptors (Lipinski definition) is 11. The Hall–Kier alpha value is -1.87. The smallest absolute Gasteiger partial charge is 0.330 e. The van der Waals surface area contributed by atoms with E-state index in [1.807, 2.05) is 24.5 Å². The second kappa shape index (κ2) is 17.6. The van der Waals surface area contributed by atoms with E-state index < -0.39 is 42.5 Å². The largest absolute Gasteiger partial charge is 0.463 e. The predicted octanol–water partition coefficient (Wildman–Crippen LogP) is 2.10. The minimum Gasteiger partial charge on any atom is -0.463 e. The lowest BCUT2D eigenvalue weighted by molar-refractivity contribution is -0.187. The van der Waals surface area contributed by atoms with Gasteiger partial charge in [-0.3, -0.25) is 9.59 Å². The average Bonchev–Trinajstić information content (AvgIpc) is 3.53. The van der Waals surface area contributed by atoms with Crippen molar-refractivity contribution in [3.05, 3.63) is 34.9 Å². The van der Waals surface area contributed by atoms with Gasteiger partial charge in [-0.25, -0.2) is 4.79 Å². The zero-order chi connectivity index (χ0) is 31.5. The Kier molecular flexibility index (Phi) is 14.6. The average molecular weight is 643 g/mol. The summed E-state index contributed by atoms with van der Waals surface area (Å²) < 4.78 is 10.9. The maximum absolute atomic E-state index is 12.3. The standard InChI is InChI=1S/C30H46N2O9S2/c1-17(19(3)33)10-9-11-20-15-41-28(27(38)26(20)37)25(36)18(2)14-23(35)40-13-8-6-4-5-7-12-22(34)32-24-29-21(16-42-43-29)31-30(24)39/h9-10,14,16-17,19-20,24-29,33,36-38H,4-8,11-13,15H2,1-3H3,(H,31,39)(H,32,34)/b10-9+,18-14?/t17-,19+,20+,24?,25-,26-,27-,28+,29?/m1/s1. The molecule has 0 spiro atoms. The molecule has 0 aromatic rings. The number of fused-ring (bicyclic) bond motifs is 1. The number of nitrogens with one attached hydrogen (secondary N) is 2. The third kappa shape index (κ3) is 10.6. The molecule has 43 heavy (non-hydrogen) atoms. The molecule has 3 heterocycles. The first-order valence-corrected chi connectivity index (χ1v) is 17.2. The van der Waals surface area contributed by atoms with E-state index in [1.165, 1.54) is 13.0 Å². The molecule has 3 rings (SSSR count). The van der Waals surface area contributed by atoms with Crippen molar-refractivity contribution in [2.45, 2.75) is 108 Å². The van der Waals surface area contributed by atoms with Crippen molar-refractivity contribution in [3.8, 4) is 0 Å².